The second-order valence-corrected chi connectivity index (χ2v) is 0.744. The highest BCUT2D eigenvalue weighted by atomic mass is 19.1. The predicted octanol–water partition coefficient (Wildman–Crippen LogP) is 0.831. The molecule has 0 aliphatic heterocycles. The topological polar surface area (TPSA) is 18.5 Å². The molecule has 44 valence electrons. The summed E-state index contributed by atoms with van der Waals surface area (Å²) >= 11 is 0. The fraction of sp³-hybridized carbons (Fsp3) is 1.00. The van der Waals surface area contributed by atoms with Crippen LogP contribution in [0.5, 0.6) is 0 Å². The molecule has 0 aliphatic carbocycles. The third kappa shape index (κ3) is 5.78. The Morgan fingerprint density at radius 1 is 1.00 bits per heavy atom. The molecule has 0 aromatic rings. The smallest absolute Gasteiger partial charge is 0.191 e. The Balaban J connectivity index is 2.45. The molecular weight excluding hydrogens is 106 g/mol. The minimum absolute atomic E-state index is 0.312. The molecule has 0 rings (SSSR count). The summed E-state index contributed by atoms with van der Waals surface area (Å²) < 4.78 is 29.7. The zero-order valence-electron chi connectivity index (χ0n) is 3.69. The summed E-state index contributed by atoms with van der Waals surface area (Å²) in [5.41, 5.74) is 0. The lowest BCUT2D eigenvalue weighted by Crippen LogP contribution is -1.96. The average Bonchev–Trinajstić information content (AvgIpc) is 1.69. The van der Waals surface area contributed by atoms with E-state index in [1.807, 2.05) is 0 Å². The summed E-state index contributed by atoms with van der Waals surface area (Å²) in [6.07, 6.45) is 0. The molecule has 0 fully saturated rings. The maximum Gasteiger partial charge on any atom is 0.191 e. The summed E-state index contributed by atoms with van der Waals surface area (Å²) in [6.45, 7) is -2.17. The zero-order chi connectivity index (χ0) is 5.54. The maximum atomic E-state index is 10.9. The average molecular weight is 112 g/mol. The van der Waals surface area contributed by atoms with E-state index in [0.717, 1.165) is 0 Å². The molecule has 0 atom stereocenters. The van der Waals surface area contributed by atoms with Crippen molar-refractivity contribution in [3.63, 3.8) is 0 Å². The highest BCUT2D eigenvalue weighted by Crippen LogP contribution is 1.77. The van der Waals surface area contributed by atoms with E-state index >= 15 is 0 Å². The summed E-state index contributed by atoms with van der Waals surface area (Å²) in [6, 6.07) is 0. The van der Waals surface area contributed by atoms with Gasteiger partial charge in [0.05, 0.1) is 0 Å². The number of alkyl halides is 2. The van der Waals surface area contributed by atoms with Crippen molar-refractivity contribution < 1.29 is 18.3 Å². The predicted molar refractivity (Wildman–Crippen MR) is 19.0 cm³/mol. The van der Waals surface area contributed by atoms with Gasteiger partial charge in [0, 0.05) is 0 Å². The van der Waals surface area contributed by atoms with Gasteiger partial charge in [-0.3, -0.25) is 0 Å². The van der Waals surface area contributed by atoms with Gasteiger partial charge in [-0.05, 0) is 0 Å². The lowest BCUT2D eigenvalue weighted by Gasteiger charge is -1.93. The number of ether oxygens (including phenoxy) is 2. The standard InChI is InChI=1S/C3H6F2O2/c4-1-6-3-7-2-5/h1-3H2. The first-order chi connectivity index (χ1) is 3.41. The Morgan fingerprint density at radius 2 is 1.43 bits per heavy atom. The first kappa shape index (κ1) is 6.78. The van der Waals surface area contributed by atoms with Crippen molar-refractivity contribution >= 4 is 0 Å². The number of hydrogen-bond donors (Lipinski definition) is 0. The van der Waals surface area contributed by atoms with Crippen LogP contribution in [0, 0.1) is 0 Å². The van der Waals surface area contributed by atoms with Gasteiger partial charge in [-0.25, -0.2) is 8.78 Å². The van der Waals surface area contributed by atoms with Gasteiger partial charge >= 0.3 is 0 Å². The summed E-state index contributed by atoms with van der Waals surface area (Å²) in [7, 11) is 0. The van der Waals surface area contributed by atoms with Crippen LogP contribution in [0.15, 0.2) is 0 Å². The molecule has 0 aliphatic rings. The van der Waals surface area contributed by atoms with Gasteiger partial charge in [-0.2, -0.15) is 0 Å². The van der Waals surface area contributed by atoms with Crippen LogP contribution in [0.1, 0.15) is 0 Å². The third-order valence-corrected chi connectivity index (χ3v) is 0.321. The molecule has 0 aromatic carbocycles. The SMILES string of the molecule is FCOCOCF. The minimum atomic E-state index is -0.931. The number of hydrogen-bond acceptors (Lipinski definition) is 2. The van der Waals surface area contributed by atoms with Gasteiger partial charge in [0.1, 0.15) is 0 Å². The Morgan fingerprint density at radius 3 is 1.71 bits per heavy atom. The monoisotopic (exact) mass is 112 g/mol. The van der Waals surface area contributed by atoms with E-state index in [1.54, 1.807) is 0 Å². The zero-order valence-corrected chi connectivity index (χ0v) is 3.69. The fourth-order valence-corrected chi connectivity index (χ4v) is 0.122. The first-order valence-corrected chi connectivity index (χ1v) is 1.69. The molecule has 0 radical (unpaired) electrons. The second-order valence-electron chi connectivity index (χ2n) is 0.744. The van der Waals surface area contributed by atoms with Gasteiger partial charge in [0.25, 0.3) is 0 Å². The summed E-state index contributed by atoms with van der Waals surface area (Å²) in [5, 5.41) is 0. The van der Waals surface area contributed by atoms with Gasteiger partial charge < -0.3 is 9.47 Å². The van der Waals surface area contributed by atoms with Crippen molar-refractivity contribution in [2.45, 2.75) is 0 Å². The Kier molecular flexibility index (Phi) is 5.60. The molecule has 0 aromatic heterocycles. The molecular formula is C3H6F2O2. The van der Waals surface area contributed by atoms with Crippen LogP contribution in [0.3, 0.4) is 0 Å². The molecule has 0 heterocycles. The lowest BCUT2D eigenvalue weighted by molar-refractivity contribution is -0.105. The van der Waals surface area contributed by atoms with E-state index in [2.05, 4.69) is 9.47 Å². The molecule has 0 bridgehead atoms. The molecule has 0 amide bonds. The Labute approximate surface area is 40.0 Å². The summed E-state index contributed by atoms with van der Waals surface area (Å²) in [5.74, 6) is 0. The van der Waals surface area contributed by atoms with Gasteiger partial charge in [-0.15, -0.1) is 0 Å². The largest absolute Gasteiger partial charge is 0.324 e. The van der Waals surface area contributed by atoms with E-state index in [0.29, 0.717) is 0 Å². The minimum Gasteiger partial charge on any atom is -0.324 e. The van der Waals surface area contributed by atoms with Crippen LogP contribution < -0.4 is 0 Å². The van der Waals surface area contributed by atoms with E-state index in [-0.39, 0.29) is 6.79 Å². The van der Waals surface area contributed by atoms with Crippen molar-refractivity contribution in [1.29, 1.82) is 0 Å². The van der Waals surface area contributed by atoms with Crippen molar-refractivity contribution in [1.82, 2.24) is 0 Å². The van der Waals surface area contributed by atoms with Gasteiger partial charge in [0.15, 0.2) is 20.5 Å². The Bertz CT molecular complexity index is 30.1. The van der Waals surface area contributed by atoms with Crippen molar-refractivity contribution in [3.05, 3.63) is 0 Å². The van der Waals surface area contributed by atoms with Crippen LogP contribution >= 0.6 is 0 Å². The Hall–Kier alpha value is -0.220. The normalized spacial score (nSPS) is 9.43. The number of halogens is 2. The molecule has 0 spiro atoms. The summed E-state index contributed by atoms with van der Waals surface area (Å²) in [4.78, 5) is 0. The highest BCUT2D eigenvalue weighted by Gasteiger charge is 1.80. The molecule has 2 nitrogen and oxygen atoms in total. The van der Waals surface area contributed by atoms with Crippen LogP contribution in [0.25, 0.3) is 0 Å². The number of rotatable bonds is 4. The van der Waals surface area contributed by atoms with E-state index in [4.69, 9.17) is 0 Å². The van der Waals surface area contributed by atoms with E-state index in [9.17, 15) is 8.78 Å². The molecule has 0 saturated heterocycles. The van der Waals surface area contributed by atoms with Crippen LogP contribution in [-0.2, 0) is 9.47 Å². The van der Waals surface area contributed by atoms with Gasteiger partial charge in [-0.1, -0.05) is 0 Å². The quantitative estimate of drug-likeness (QED) is 0.396. The van der Waals surface area contributed by atoms with Crippen LogP contribution in [0.4, 0.5) is 8.78 Å². The van der Waals surface area contributed by atoms with Crippen LogP contribution in [0.2, 0.25) is 0 Å². The lowest BCUT2D eigenvalue weighted by atomic mass is 11.3. The van der Waals surface area contributed by atoms with E-state index in [1.165, 1.54) is 0 Å². The van der Waals surface area contributed by atoms with Crippen LogP contribution in [-0.4, -0.2) is 20.5 Å². The van der Waals surface area contributed by atoms with E-state index < -0.39 is 13.7 Å². The fourth-order valence-electron chi connectivity index (χ4n) is 0.122. The molecule has 7 heavy (non-hydrogen) atoms. The second kappa shape index (κ2) is 5.78. The molecule has 4 heteroatoms. The first-order valence-electron chi connectivity index (χ1n) is 1.69. The highest BCUT2D eigenvalue weighted by molar-refractivity contribution is 3.95. The third-order valence-electron chi connectivity index (χ3n) is 0.321. The van der Waals surface area contributed by atoms with Crippen molar-refractivity contribution in [3.8, 4) is 0 Å². The van der Waals surface area contributed by atoms with Crippen molar-refractivity contribution in [2.24, 2.45) is 0 Å². The maximum absolute atomic E-state index is 10.9. The molecule has 0 unspecified atom stereocenters. The van der Waals surface area contributed by atoms with Gasteiger partial charge in [0.2, 0.25) is 0 Å². The molecule has 0 saturated carbocycles. The van der Waals surface area contributed by atoms with Crippen molar-refractivity contribution in [2.75, 3.05) is 20.5 Å². The molecule has 0 N–H and O–H groups in total.